The van der Waals surface area contributed by atoms with Gasteiger partial charge in [0.15, 0.2) is 0 Å². The van der Waals surface area contributed by atoms with Crippen molar-refractivity contribution in [2.45, 2.75) is 105 Å². The second kappa shape index (κ2) is 11.9. The zero-order valence-electron chi connectivity index (χ0n) is 21.1. The molecule has 180 valence electrons. The Bertz CT molecular complexity index is 786. The Hall–Kier alpha value is -2.57. The molecule has 0 aliphatic carbocycles. The lowest BCUT2D eigenvalue weighted by atomic mass is 9.99. The summed E-state index contributed by atoms with van der Waals surface area (Å²) in [5, 5.41) is 5.66. The van der Waals surface area contributed by atoms with Crippen LogP contribution < -0.4 is 10.6 Å². The first-order valence-corrected chi connectivity index (χ1v) is 11.5. The Balaban J connectivity index is 3.27. The molecule has 0 aliphatic rings. The molecule has 32 heavy (non-hydrogen) atoms. The van der Waals surface area contributed by atoms with Crippen molar-refractivity contribution in [2.24, 2.45) is 0 Å². The lowest BCUT2D eigenvalue weighted by molar-refractivity contribution is -0.144. The van der Waals surface area contributed by atoms with Crippen LogP contribution in [-0.2, 0) is 14.3 Å². The molecule has 1 aromatic rings. The summed E-state index contributed by atoms with van der Waals surface area (Å²) in [5.74, 6) is -0.585. The molecule has 1 rings (SSSR count). The molecule has 0 saturated carbocycles. The van der Waals surface area contributed by atoms with Crippen LogP contribution in [0, 0.1) is 6.92 Å². The number of hydrogen-bond acceptors (Lipinski definition) is 4. The number of carbonyl (C=O) groups is 3. The van der Waals surface area contributed by atoms with Gasteiger partial charge < -0.3 is 20.3 Å². The molecule has 0 fully saturated rings. The number of nitrogens with one attached hydrogen (secondary N) is 2. The summed E-state index contributed by atoms with van der Waals surface area (Å²) in [7, 11) is 0. The quantitative estimate of drug-likeness (QED) is 0.584. The molecule has 3 amide bonds. The number of nitrogens with zero attached hydrogens (tertiary/aromatic N) is 1. The highest BCUT2D eigenvalue weighted by atomic mass is 16.6. The number of carbonyl (C=O) groups excluding carboxylic acids is 3. The van der Waals surface area contributed by atoms with Gasteiger partial charge in [0.1, 0.15) is 17.7 Å². The van der Waals surface area contributed by atoms with Crippen molar-refractivity contribution in [3.63, 3.8) is 0 Å². The second-order valence-electron chi connectivity index (χ2n) is 9.72. The van der Waals surface area contributed by atoms with E-state index in [0.717, 1.165) is 24.0 Å². The highest BCUT2D eigenvalue weighted by molar-refractivity contribution is 5.92. The Morgan fingerprint density at radius 1 is 1.06 bits per heavy atom. The first kappa shape index (κ1) is 27.5. The molecular weight excluding hydrogens is 406 g/mol. The number of aryl methyl sites for hydroxylation is 1. The van der Waals surface area contributed by atoms with Gasteiger partial charge in [-0.3, -0.25) is 9.59 Å². The average Bonchev–Trinajstić information content (AvgIpc) is 2.63. The normalized spacial score (nSPS) is 14.3. The van der Waals surface area contributed by atoms with E-state index >= 15 is 0 Å². The predicted molar refractivity (Wildman–Crippen MR) is 127 cm³/mol. The number of benzene rings is 1. The molecule has 3 atom stereocenters. The molecule has 0 spiro atoms. The molecule has 0 radical (unpaired) electrons. The van der Waals surface area contributed by atoms with Gasteiger partial charge in [0, 0.05) is 12.1 Å². The minimum Gasteiger partial charge on any atom is -0.444 e. The predicted octanol–water partition coefficient (Wildman–Crippen LogP) is 4.49. The first-order valence-electron chi connectivity index (χ1n) is 11.5. The molecule has 0 aliphatic heterocycles. The number of hydrogen-bond donors (Lipinski definition) is 2. The van der Waals surface area contributed by atoms with Gasteiger partial charge in [0.2, 0.25) is 11.8 Å². The van der Waals surface area contributed by atoms with E-state index < -0.39 is 23.8 Å². The summed E-state index contributed by atoms with van der Waals surface area (Å²) in [6.07, 6.45) is 1.12. The maximum absolute atomic E-state index is 13.5. The van der Waals surface area contributed by atoms with Crippen molar-refractivity contribution in [3.8, 4) is 0 Å². The second-order valence-corrected chi connectivity index (χ2v) is 9.72. The number of rotatable bonds is 9. The van der Waals surface area contributed by atoms with Crippen LogP contribution >= 0.6 is 0 Å². The minimum absolute atomic E-state index is 0.0127. The van der Waals surface area contributed by atoms with Crippen LogP contribution in [-0.4, -0.2) is 46.5 Å². The molecule has 0 bridgehead atoms. The van der Waals surface area contributed by atoms with Gasteiger partial charge in [-0.1, -0.05) is 43.2 Å². The summed E-state index contributed by atoms with van der Waals surface area (Å²) in [6.45, 7) is 16.6. The monoisotopic (exact) mass is 447 g/mol. The van der Waals surface area contributed by atoms with E-state index in [4.69, 9.17) is 4.74 Å². The third-order valence-electron chi connectivity index (χ3n) is 4.91. The minimum atomic E-state index is -0.861. The van der Waals surface area contributed by atoms with Crippen molar-refractivity contribution in [3.05, 3.63) is 35.4 Å². The number of amides is 3. The third-order valence-corrected chi connectivity index (χ3v) is 4.91. The standard InChI is InChI=1S/C25H41N3O4/c1-10-12-18(5)26-22(29)21(20-14-11-13-17(4)15-20)28(16(2)3)23(30)19(6)27-24(31)32-25(7,8)9/h11,13-16,18-19,21H,10,12H2,1-9H3,(H,26,29)(H,27,31). The van der Waals surface area contributed by atoms with Gasteiger partial charge in [-0.05, 0) is 67.4 Å². The molecule has 7 heteroatoms. The van der Waals surface area contributed by atoms with Crippen LogP contribution in [0.3, 0.4) is 0 Å². The Morgan fingerprint density at radius 2 is 1.69 bits per heavy atom. The van der Waals surface area contributed by atoms with E-state index in [9.17, 15) is 14.4 Å². The summed E-state index contributed by atoms with van der Waals surface area (Å²) >= 11 is 0. The van der Waals surface area contributed by atoms with Crippen molar-refractivity contribution < 1.29 is 19.1 Å². The lowest BCUT2D eigenvalue weighted by Gasteiger charge is -2.37. The third kappa shape index (κ3) is 8.52. The maximum atomic E-state index is 13.5. The molecule has 3 unspecified atom stereocenters. The molecular formula is C25H41N3O4. The van der Waals surface area contributed by atoms with Gasteiger partial charge in [-0.2, -0.15) is 0 Å². The topological polar surface area (TPSA) is 87.7 Å². The number of alkyl carbamates (subject to hydrolysis) is 1. The van der Waals surface area contributed by atoms with E-state index in [-0.39, 0.29) is 23.9 Å². The van der Waals surface area contributed by atoms with Gasteiger partial charge >= 0.3 is 6.09 Å². The SMILES string of the molecule is CCCC(C)NC(=O)C(c1cccc(C)c1)N(C(=O)C(C)NC(=O)OC(C)(C)C)C(C)C. The molecule has 0 saturated heterocycles. The lowest BCUT2D eigenvalue weighted by Crippen LogP contribution is -2.54. The molecule has 1 aromatic carbocycles. The smallest absolute Gasteiger partial charge is 0.408 e. The van der Waals surface area contributed by atoms with Crippen molar-refractivity contribution in [2.75, 3.05) is 0 Å². The Morgan fingerprint density at radius 3 is 2.19 bits per heavy atom. The maximum Gasteiger partial charge on any atom is 0.408 e. The van der Waals surface area contributed by atoms with Crippen LogP contribution in [0.2, 0.25) is 0 Å². The summed E-state index contributed by atoms with van der Waals surface area (Å²) in [5.41, 5.74) is 1.06. The van der Waals surface area contributed by atoms with Crippen molar-refractivity contribution in [1.29, 1.82) is 0 Å². The van der Waals surface area contributed by atoms with E-state index in [2.05, 4.69) is 17.6 Å². The van der Waals surface area contributed by atoms with Gasteiger partial charge in [0.25, 0.3) is 0 Å². The van der Waals surface area contributed by atoms with Crippen LogP contribution in [0.1, 0.15) is 85.4 Å². The van der Waals surface area contributed by atoms with Gasteiger partial charge in [0.05, 0.1) is 0 Å². The van der Waals surface area contributed by atoms with E-state index in [0.29, 0.717) is 0 Å². The van der Waals surface area contributed by atoms with E-state index in [1.165, 1.54) is 0 Å². The summed E-state index contributed by atoms with van der Waals surface area (Å²) < 4.78 is 5.29. The van der Waals surface area contributed by atoms with Crippen molar-refractivity contribution >= 4 is 17.9 Å². The Kier molecular flexibility index (Phi) is 10.2. The van der Waals surface area contributed by atoms with Crippen LogP contribution in [0.4, 0.5) is 4.79 Å². The van der Waals surface area contributed by atoms with Crippen molar-refractivity contribution in [1.82, 2.24) is 15.5 Å². The molecule has 7 nitrogen and oxygen atoms in total. The first-order chi connectivity index (χ1) is 14.8. The van der Waals surface area contributed by atoms with E-state index in [1.807, 2.05) is 52.0 Å². The Labute approximate surface area is 193 Å². The van der Waals surface area contributed by atoms with Crippen LogP contribution in [0.5, 0.6) is 0 Å². The zero-order chi connectivity index (χ0) is 24.6. The molecule has 2 N–H and O–H groups in total. The van der Waals surface area contributed by atoms with Crippen LogP contribution in [0.25, 0.3) is 0 Å². The zero-order valence-corrected chi connectivity index (χ0v) is 21.1. The fourth-order valence-corrected chi connectivity index (χ4v) is 3.56. The fraction of sp³-hybridized carbons (Fsp3) is 0.640. The largest absolute Gasteiger partial charge is 0.444 e. The molecule has 0 aromatic heterocycles. The average molecular weight is 448 g/mol. The van der Waals surface area contributed by atoms with E-state index in [1.54, 1.807) is 32.6 Å². The van der Waals surface area contributed by atoms with Gasteiger partial charge in [-0.15, -0.1) is 0 Å². The molecule has 0 heterocycles. The summed E-state index contributed by atoms with van der Waals surface area (Å²) in [6, 6.07) is 5.65. The fourth-order valence-electron chi connectivity index (χ4n) is 3.56. The highest BCUT2D eigenvalue weighted by Crippen LogP contribution is 2.26. The van der Waals surface area contributed by atoms with Gasteiger partial charge in [-0.25, -0.2) is 4.79 Å². The summed E-state index contributed by atoms with van der Waals surface area (Å²) in [4.78, 5) is 40.6. The van der Waals surface area contributed by atoms with Crippen LogP contribution in [0.15, 0.2) is 24.3 Å². The highest BCUT2D eigenvalue weighted by Gasteiger charge is 2.36. The number of ether oxygens (including phenoxy) is 1.